The van der Waals surface area contributed by atoms with E-state index in [1.807, 2.05) is 0 Å². The largest absolute Gasteiger partial charge is 0.311 e. The molecule has 1 aromatic heterocycles. The highest BCUT2D eigenvalue weighted by atomic mass is 32.2. The molecule has 1 aromatic carbocycles. The summed E-state index contributed by atoms with van der Waals surface area (Å²) in [6.45, 7) is 1.19. The lowest BCUT2D eigenvalue weighted by Crippen LogP contribution is -2.31. The maximum atomic E-state index is 12.7. The van der Waals surface area contributed by atoms with Crippen molar-refractivity contribution in [2.75, 3.05) is 18.4 Å². The highest BCUT2D eigenvalue weighted by molar-refractivity contribution is 7.89. The van der Waals surface area contributed by atoms with Gasteiger partial charge in [0.15, 0.2) is 0 Å². The first-order chi connectivity index (χ1) is 12.6. The van der Waals surface area contributed by atoms with Crippen molar-refractivity contribution in [3.05, 3.63) is 42.1 Å². The van der Waals surface area contributed by atoms with Crippen LogP contribution in [-0.4, -0.2) is 41.9 Å². The second-order valence-corrected chi connectivity index (χ2v) is 8.42. The number of sulfonamides is 1. The number of carbonyl (C=O) groups excluding carboxylic acids is 1. The monoisotopic (exact) mass is 376 g/mol. The summed E-state index contributed by atoms with van der Waals surface area (Å²) < 4.78 is 27.1. The molecule has 0 spiro atoms. The number of hydrogen-bond donors (Lipinski definition) is 2. The van der Waals surface area contributed by atoms with Crippen LogP contribution in [0.2, 0.25) is 0 Å². The van der Waals surface area contributed by atoms with Crippen LogP contribution in [0.15, 0.2) is 41.4 Å². The van der Waals surface area contributed by atoms with Crippen LogP contribution >= 0.6 is 0 Å². The van der Waals surface area contributed by atoms with E-state index >= 15 is 0 Å². The van der Waals surface area contributed by atoms with Gasteiger partial charge in [-0.05, 0) is 37.0 Å². The first kappa shape index (κ1) is 18.6. The van der Waals surface area contributed by atoms with Gasteiger partial charge in [0.25, 0.3) is 0 Å². The zero-order valence-corrected chi connectivity index (χ0v) is 15.5. The van der Waals surface area contributed by atoms with Crippen LogP contribution in [0.5, 0.6) is 0 Å². The highest BCUT2D eigenvalue weighted by Crippen LogP contribution is 2.21. The van der Waals surface area contributed by atoms with Crippen molar-refractivity contribution in [1.29, 1.82) is 0 Å². The number of H-pyrrole nitrogens is 1. The molecule has 0 aliphatic carbocycles. The van der Waals surface area contributed by atoms with Gasteiger partial charge in [-0.3, -0.25) is 9.89 Å². The molecule has 3 rings (SSSR count). The van der Waals surface area contributed by atoms with Crippen LogP contribution in [-0.2, 0) is 21.2 Å². The van der Waals surface area contributed by atoms with Crippen LogP contribution in [0.4, 0.5) is 5.82 Å². The maximum absolute atomic E-state index is 12.7. The van der Waals surface area contributed by atoms with E-state index in [9.17, 15) is 13.2 Å². The molecule has 1 amide bonds. The van der Waals surface area contributed by atoms with Crippen molar-refractivity contribution in [2.24, 2.45) is 0 Å². The van der Waals surface area contributed by atoms with E-state index in [-0.39, 0.29) is 5.91 Å². The van der Waals surface area contributed by atoms with Crippen molar-refractivity contribution in [1.82, 2.24) is 14.5 Å². The normalized spacial score (nSPS) is 16.2. The Morgan fingerprint density at radius 1 is 1.08 bits per heavy atom. The summed E-state index contributed by atoms with van der Waals surface area (Å²) in [4.78, 5) is 12.2. The van der Waals surface area contributed by atoms with E-state index in [1.165, 1.54) is 0 Å². The molecule has 26 heavy (non-hydrogen) atoms. The van der Waals surface area contributed by atoms with Crippen LogP contribution in [0, 0.1) is 0 Å². The van der Waals surface area contributed by atoms with Gasteiger partial charge in [0.05, 0.1) is 11.1 Å². The predicted octanol–water partition coefficient (Wildman–Crippen LogP) is 2.55. The lowest BCUT2D eigenvalue weighted by molar-refractivity contribution is -0.116. The number of amides is 1. The van der Waals surface area contributed by atoms with Crippen molar-refractivity contribution in [3.63, 3.8) is 0 Å². The molecule has 2 heterocycles. The van der Waals surface area contributed by atoms with Gasteiger partial charge in [-0.2, -0.15) is 9.40 Å². The van der Waals surface area contributed by atoms with Gasteiger partial charge in [-0.1, -0.05) is 25.0 Å². The topological polar surface area (TPSA) is 95.2 Å². The van der Waals surface area contributed by atoms with E-state index in [0.29, 0.717) is 36.6 Å². The molecule has 7 nitrogen and oxygen atoms in total. The summed E-state index contributed by atoms with van der Waals surface area (Å²) in [7, 11) is -3.42. The predicted molar refractivity (Wildman–Crippen MR) is 99.2 cm³/mol. The number of nitrogens with zero attached hydrogens (tertiary/aromatic N) is 2. The summed E-state index contributed by atoms with van der Waals surface area (Å²) >= 11 is 0. The molecule has 1 fully saturated rings. The number of rotatable bonds is 6. The molecule has 0 saturated carbocycles. The number of anilines is 1. The molecular weight excluding hydrogens is 352 g/mol. The first-order valence-corrected chi connectivity index (χ1v) is 10.4. The molecule has 0 atom stereocenters. The summed E-state index contributed by atoms with van der Waals surface area (Å²) in [5.74, 6) is 0.449. The molecule has 2 N–H and O–H groups in total. The van der Waals surface area contributed by atoms with E-state index in [1.54, 1.807) is 40.8 Å². The van der Waals surface area contributed by atoms with Gasteiger partial charge >= 0.3 is 0 Å². The van der Waals surface area contributed by atoms with E-state index < -0.39 is 10.0 Å². The lowest BCUT2D eigenvalue weighted by atomic mass is 10.1. The number of benzene rings is 1. The number of aromatic amines is 1. The summed E-state index contributed by atoms with van der Waals surface area (Å²) in [5, 5.41) is 9.16. The lowest BCUT2D eigenvalue weighted by Gasteiger charge is -2.20. The fourth-order valence-electron chi connectivity index (χ4n) is 3.06. The molecule has 8 heteroatoms. The fourth-order valence-corrected chi connectivity index (χ4v) is 4.57. The van der Waals surface area contributed by atoms with Crippen molar-refractivity contribution >= 4 is 21.7 Å². The smallest absolute Gasteiger partial charge is 0.243 e. The molecule has 140 valence electrons. The summed E-state index contributed by atoms with van der Waals surface area (Å²) in [6, 6.07) is 8.54. The summed E-state index contributed by atoms with van der Waals surface area (Å²) in [6.07, 6.45) is 6.45. The Bertz CT molecular complexity index is 809. The Morgan fingerprint density at radius 3 is 2.38 bits per heavy atom. The molecule has 1 aliphatic heterocycles. The molecule has 0 bridgehead atoms. The number of nitrogens with one attached hydrogen (secondary N) is 2. The van der Waals surface area contributed by atoms with Crippen LogP contribution in [0.25, 0.3) is 0 Å². The van der Waals surface area contributed by atoms with Gasteiger partial charge in [0.1, 0.15) is 5.82 Å². The van der Waals surface area contributed by atoms with Gasteiger partial charge in [0, 0.05) is 25.6 Å². The third-order valence-corrected chi connectivity index (χ3v) is 6.45. The standard InChI is InChI=1S/C18H24N4O3S/c23-18(20-17-11-12-19-21-17)10-7-15-5-8-16(9-6-15)26(24,25)22-13-3-1-2-4-14-22/h5-6,8-9,11-12H,1-4,7,10,13-14H2,(H2,19,20,21,23). The van der Waals surface area contributed by atoms with Crippen molar-refractivity contribution in [3.8, 4) is 0 Å². The Morgan fingerprint density at radius 2 is 1.77 bits per heavy atom. The second-order valence-electron chi connectivity index (χ2n) is 6.48. The SMILES string of the molecule is O=C(CCc1ccc(S(=O)(=O)N2CCCCCC2)cc1)Nc1ccn[nH]1. The molecule has 1 saturated heterocycles. The van der Waals surface area contributed by atoms with Gasteiger partial charge in [-0.15, -0.1) is 0 Å². The van der Waals surface area contributed by atoms with Crippen molar-refractivity contribution < 1.29 is 13.2 Å². The zero-order valence-electron chi connectivity index (χ0n) is 14.6. The van der Waals surface area contributed by atoms with E-state index in [2.05, 4.69) is 15.5 Å². The molecule has 2 aromatic rings. The minimum atomic E-state index is -3.42. The average molecular weight is 376 g/mol. The highest BCUT2D eigenvalue weighted by Gasteiger charge is 2.24. The van der Waals surface area contributed by atoms with E-state index in [4.69, 9.17) is 0 Å². The van der Waals surface area contributed by atoms with E-state index in [0.717, 1.165) is 31.2 Å². The number of carbonyl (C=O) groups is 1. The quantitative estimate of drug-likeness (QED) is 0.810. The van der Waals surface area contributed by atoms with Gasteiger partial charge < -0.3 is 5.32 Å². The number of aromatic nitrogens is 2. The first-order valence-electron chi connectivity index (χ1n) is 8.94. The van der Waals surface area contributed by atoms with Crippen molar-refractivity contribution in [2.45, 2.75) is 43.4 Å². The van der Waals surface area contributed by atoms with Crippen LogP contribution in [0.1, 0.15) is 37.7 Å². The Kier molecular flexibility index (Phi) is 6.05. The zero-order chi connectivity index (χ0) is 18.4. The maximum Gasteiger partial charge on any atom is 0.243 e. The molecule has 0 unspecified atom stereocenters. The Labute approximate surface area is 153 Å². The van der Waals surface area contributed by atoms with Crippen LogP contribution < -0.4 is 5.32 Å². The third kappa shape index (κ3) is 4.70. The Balaban J connectivity index is 1.58. The number of aryl methyl sites for hydroxylation is 1. The number of hydrogen-bond acceptors (Lipinski definition) is 4. The van der Waals surface area contributed by atoms with Gasteiger partial charge in [0.2, 0.25) is 15.9 Å². The minimum absolute atomic E-state index is 0.115. The average Bonchev–Trinajstić information content (AvgIpc) is 2.98. The second kappa shape index (κ2) is 8.46. The third-order valence-electron chi connectivity index (χ3n) is 4.54. The molecule has 1 aliphatic rings. The summed E-state index contributed by atoms with van der Waals surface area (Å²) in [5.41, 5.74) is 0.930. The fraction of sp³-hybridized carbons (Fsp3) is 0.444. The molecular formula is C18H24N4O3S. The Hall–Kier alpha value is -2.19. The minimum Gasteiger partial charge on any atom is -0.311 e. The van der Waals surface area contributed by atoms with Crippen LogP contribution in [0.3, 0.4) is 0 Å². The molecule has 0 radical (unpaired) electrons. The van der Waals surface area contributed by atoms with Gasteiger partial charge in [-0.25, -0.2) is 8.42 Å².